The molecule has 0 spiro atoms. The second-order valence-corrected chi connectivity index (χ2v) is 8.03. The molecule has 6 heteroatoms. The van der Waals surface area contributed by atoms with Crippen LogP contribution in [0.2, 0.25) is 0 Å². The summed E-state index contributed by atoms with van der Waals surface area (Å²) in [4.78, 5) is 12.5. The van der Waals surface area contributed by atoms with Crippen LogP contribution in [-0.4, -0.2) is 21.4 Å². The summed E-state index contributed by atoms with van der Waals surface area (Å²) >= 11 is 1.25. The lowest BCUT2D eigenvalue weighted by Crippen LogP contribution is -2.22. The SMILES string of the molecule is Cc1ccc(C)c(NC(=O)[C@@H](C)Sc2nnc(-c3ccc(C)c(C)c3)o2)c1. The van der Waals surface area contributed by atoms with Crippen molar-refractivity contribution in [2.45, 2.75) is 45.1 Å². The average molecular weight is 382 g/mol. The quantitative estimate of drug-likeness (QED) is 0.624. The number of benzene rings is 2. The highest BCUT2D eigenvalue weighted by molar-refractivity contribution is 8.00. The van der Waals surface area contributed by atoms with E-state index >= 15 is 0 Å². The number of nitrogens with zero attached hydrogens (tertiary/aromatic N) is 2. The van der Waals surface area contributed by atoms with E-state index in [2.05, 4.69) is 22.4 Å². The first-order valence-electron chi connectivity index (χ1n) is 8.79. The van der Waals surface area contributed by atoms with E-state index in [1.165, 1.54) is 22.9 Å². The predicted molar refractivity (Wildman–Crippen MR) is 109 cm³/mol. The molecule has 5 nitrogen and oxygen atoms in total. The summed E-state index contributed by atoms with van der Waals surface area (Å²) < 4.78 is 5.74. The molecule has 0 unspecified atom stereocenters. The van der Waals surface area contributed by atoms with Gasteiger partial charge in [-0.25, -0.2) is 0 Å². The number of anilines is 1. The molecule has 140 valence electrons. The maximum absolute atomic E-state index is 12.5. The average Bonchev–Trinajstić information content (AvgIpc) is 3.09. The number of amides is 1. The van der Waals surface area contributed by atoms with Gasteiger partial charge in [-0.05, 0) is 75.1 Å². The number of aryl methyl sites for hydroxylation is 4. The molecule has 2 aromatic carbocycles. The zero-order valence-corrected chi connectivity index (χ0v) is 17.0. The number of hydrogen-bond acceptors (Lipinski definition) is 5. The van der Waals surface area contributed by atoms with Crippen molar-refractivity contribution >= 4 is 23.4 Å². The van der Waals surface area contributed by atoms with Crippen molar-refractivity contribution in [3.05, 3.63) is 58.7 Å². The van der Waals surface area contributed by atoms with Gasteiger partial charge in [-0.1, -0.05) is 30.0 Å². The monoisotopic (exact) mass is 381 g/mol. The summed E-state index contributed by atoms with van der Waals surface area (Å²) in [5.74, 6) is 0.363. The molecule has 3 rings (SSSR count). The Kier molecular flexibility index (Phi) is 5.65. The first kappa shape index (κ1) is 19.2. The van der Waals surface area contributed by atoms with Crippen molar-refractivity contribution in [3.8, 4) is 11.5 Å². The molecule has 0 bridgehead atoms. The van der Waals surface area contributed by atoms with Crippen molar-refractivity contribution in [1.82, 2.24) is 10.2 Å². The highest BCUT2D eigenvalue weighted by atomic mass is 32.2. The van der Waals surface area contributed by atoms with Crippen molar-refractivity contribution in [2.75, 3.05) is 5.32 Å². The van der Waals surface area contributed by atoms with Crippen LogP contribution in [0, 0.1) is 27.7 Å². The molecule has 0 radical (unpaired) electrons. The maximum atomic E-state index is 12.5. The van der Waals surface area contributed by atoms with Crippen LogP contribution in [0.25, 0.3) is 11.5 Å². The molecule has 1 aromatic heterocycles. The minimum atomic E-state index is -0.363. The van der Waals surface area contributed by atoms with Gasteiger partial charge in [0, 0.05) is 11.3 Å². The zero-order chi connectivity index (χ0) is 19.6. The molecule has 0 fully saturated rings. The standard InChI is InChI=1S/C21H23N3O2S/c1-12-6-7-14(3)18(10-12)22-19(25)16(5)27-21-24-23-20(26-21)17-9-8-13(2)15(4)11-17/h6-11,16H,1-5H3,(H,22,25)/t16-/m1/s1. The minimum Gasteiger partial charge on any atom is -0.411 e. The number of aromatic nitrogens is 2. The van der Waals surface area contributed by atoms with Gasteiger partial charge in [0.15, 0.2) is 0 Å². The second-order valence-electron chi connectivity index (χ2n) is 6.74. The van der Waals surface area contributed by atoms with Crippen LogP contribution >= 0.6 is 11.8 Å². The van der Waals surface area contributed by atoms with Crippen molar-refractivity contribution in [1.29, 1.82) is 0 Å². The fourth-order valence-corrected chi connectivity index (χ4v) is 3.24. The molecule has 0 aliphatic rings. The zero-order valence-electron chi connectivity index (χ0n) is 16.2. The Labute approximate surface area is 163 Å². The third kappa shape index (κ3) is 4.57. The topological polar surface area (TPSA) is 68.0 Å². The second kappa shape index (κ2) is 7.96. The molecule has 27 heavy (non-hydrogen) atoms. The number of thioether (sulfide) groups is 1. The molecule has 1 N–H and O–H groups in total. The van der Waals surface area contributed by atoms with Crippen LogP contribution in [0.5, 0.6) is 0 Å². The summed E-state index contributed by atoms with van der Waals surface area (Å²) in [5, 5.41) is 11.2. The third-order valence-electron chi connectivity index (χ3n) is 4.46. The van der Waals surface area contributed by atoms with Gasteiger partial charge in [0.25, 0.3) is 5.22 Å². The normalized spacial score (nSPS) is 12.0. The highest BCUT2D eigenvalue weighted by Crippen LogP contribution is 2.28. The van der Waals surface area contributed by atoms with E-state index in [9.17, 15) is 4.79 Å². The van der Waals surface area contributed by atoms with E-state index < -0.39 is 0 Å². The van der Waals surface area contributed by atoms with E-state index in [0.717, 1.165) is 22.4 Å². The fourth-order valence-electron chi connectivity index (χ4n) is 2.56. The predicted octanol–water partition coefficient (Wildman–Crippen LogP) is 5.09. The number of hydrogen-bond donors (Lipinski definition) is 1. The van der Waals surface area contributed by atoms with Crippen molar-refractivity contribution < 1.29 is 9.21 Å². The lowest BCUT2D eigenvalue weighted by molar-refractivity contribution is -0.115. The van der Waals surface area contributed by atoms with E-state index in [0.29, 0.717) is 11.1 Å². The third-order valence-corrected chi connectivity index (χ3v) is 5.39. The lowest BCUT2D eigenvalue weighted by atomic mass is 10.1. The Morgan fingerprint density at radius 3 is 2.48 bits per heavy atom. The number of nitrogens with one attached hydrogen (secondary N) is 1. The summed E-state index contributed by atoms with van der Waals surface area (Å²) in [6.07, 6.45) is 0. The molecular weight excluding hydrogens is 358 g/mol. The van der Waals surface area contributed by atoms with E-state index in [1.807, 2.05) is 64.1 Å². The van der Waals surface area contributed by atoms with E-state index in [1.54, 1.807) is 0 Å². The number of carbonyl (C=O) groups excluding carboxylic acids is 1. The smallest absolute Gasteiger partial charge is 0.277 e. The molecule has 0 aliphatic carbocycles. The van der Waals surface area contributed by atoms with Gasteiger partial charge in [-0.2, -0.15) is 0 Å². The summed E-state index contributed by atoms with van der Waals surface area (Å²) in [6, 6.07) is 12.0. The van der Waals surface area contributed by atoms with Gasteiger partial charge in [-0.15, -0.1) is 10.2 Å². The van der Waals surface area contributed by atoms with Gasteiger partial charge in [0.05, 0.1) is 5.25 Å². The number of rotatable bonds is 5. The fraction of sp³-hybridized carbons (Fsp3) is 0.286. The molecular formula is C21H23N3O2S. The molecule has 1 atom stereocenters. The molecule has 3 aromatic rings. The van der Waals surface area contributed by atoms with E-state index in [-0.39, 0.29) is 11.2 Å². The van der Waals surface area contributed by atoms with Crippen LogP contribution in [0.15, 0.2) is 46.0 Å². The maximum Gasteiger partial charge on any atom is 0.277 e. The lowest BCUT2D eigenvalue weighted by Gasteiger charge is -2.12. The first-order chi connectivity index (χ1) is 12.8. The van der Waals surface area contributed by atoms with Crippen LogP contribution < -0.4 is 5.32 Å². The first-order valence-corrected chi connectivity index (χ1v) is 9.67. The van der Waals surface area contributed by atoms with Crippen LogP contribution in [0.1, 0.15) is 29.2 Å². The van der Waals surface area contributed by atoms with Gasteiger partial charge in [0.2, 0.25) is 11.8 Å². The van der Waals surface area contributed by atoms with E-state index in [4.69, 9.17) is 4.42 Å². The van der Waals surface area contributed by atoms with Crippen molar-refractivity contribution in [3.63, 3.8) is 0 Å². The molecule has 0 aliphatic heterocycles. The molecule has 0 saturated heterocycles. The highest BCUT2D eigenvalue weighted by Gasteiger charge is 2.19. The van der Waals surface area contributed by atoms with Crippen molar-refractivity contribution in [2.24, 2.45) is 0 Å². The Morgan fingerprint density at radius 1 is 1.00 bits per heavy atom. The van der Waals surface area contributed by atoms with Crippen LogP contribution in [0.4, 0.5) is 5.69 Å². The molecule has 0 saturated carbocycles. The van der Waals surface area contributed by atoms with Gasteiger partial charge in [-0.3, -0.25) is 4.79 Å². The Hall–Kier alpha value is -2.60. The van der Waals surface area contributed by atoms with Gasteiger partial charge < -0.3 is 9.73 Å². The molecule has 1 amide bonds. The molecule has 1 heterocycles. The van der Waals surface area contributed by atoms with Crippen LogP contribution in [-0.2, 0) is 4.79 Å². The minimum absolute atomic E-state index is 0.0976. The summed E-state index contributed by atoms with van der Waals surface area (Å²) in [6.45, 7) is 9.90. The van der Waals surface area contributed by atoms with Crippen LogP contribution in [0.3, 0.4) is 0 Å². The Bertz CT molecular complexity index is 981. The van der Waals surface area contributed by atoms with Gasteiger partial charge >= 0.3 is 0 Å². The summed E-state index contributed by atoms with van der Waals surface area (Å²) in [7, 11) is 0. The largest absolute Gasteiger partial charge is 0.411 e. The Morgan fingerprint density at radius 2 is 1.74 bits per heavy atom. The van der Waals surface area contributed by atoms with Gasteiger partial charge in [0.1, 0.15) is 0 Å². The number of carbonyl (C=O) groups is 1. The Balaban J connectivity index is 1.68. The summed E-state index contributed by atoms with van der Waals surface area (Å²) in [5.41, 5.74) is 6.22.